The highest BCUT2D eigenvalue weighted by atomic mass is 35.5. The molecule has 0 saturated heterocycles. The predicted molar refractivity (Wildman–Crippen MR) is 158 cm³/mol. The minimum Gasteiger partial charge on any atom is -0.748 e. The van der Waals surface area contributed by atoms with E-state index < -0.39 is 26.0 Å². The molecule has 1 aliphatic rings. The van der Waals surface area contributed by atoms with Crippen molar-refractivity contribution in [3.05, 3.63) is 68.6 Å². The fourth-order valence-electron chi connectivity index (χ4n) is 4.17. The summed E-state index contributed by atoms with van der Waals surface area (Å²) in [5, 5.41) is 3.09. The lowest BCUT2D eigenvalue weighted by Crippen LogP contribution is -2.35. The molecule has 0 saturated carbocycles. The Labute approximate surface area is 246 Å². The zero-order valence-corrected chi connectivity index (χ0v) is 25.4. The molecule has 2 heterocycles. The molecule has 0 radical (unpaired) electrons. The van der Waals surface area contributed by atoms with Gasteiger partial charge in [-0.15, -0.1) is 0 Å². The van der Waals surface area contributed by atoms with E-state index in [0.29, 0.717) is 42.4 Å². The first kappa shape index (κ1) is 30.3. The molecule has 0 unspecified atom stereocenters. The van der Waals surface area contributed by atoms with E-state index in [4.69, 9.17) is 27.8 Å². The van der Waals surface area contributed by atoms with Crippen molar-refractivity contribution in [2.75, 3.05) is 23.0 Å². The quantitative estimate of drug-likeness (QED) is 0.145. The predicted octanol–water partition coefficient (Wildman–Crippen LogP) is 5.96. The molecule has 39 heavy (non-hydrogen) atoms. The number of thiazole rings is 1. The van der Waals surface area contributed by atoms with Gasteiger partial charge < -0.3 is 9.45 Å². The second-order valence-electron chi connectivity index (χ2n) is 8.90. The Kier molecular flexibility index (Phi) is 10.0. The van der Waals surface area contributed by atoms with E-state index in [0.717, 1.165) is 30.8 Å². The SMILES string of the molecule is O=S(=O)([O-])CCCCN1/C(=C/C=C/c2sc3ccc(Cl)cc3[n+]2CCCCS(=O)(=O)O)Sc2ccc(Cl)cc21. The minimum atomic E-state index is -4.25. The summed E-state index contributed by atoms with van der Waals surface area (Å²) >= 11 is 15.6. The molecular formula is C25H26Cl2N2O6S4. The molecule has 8 nitrogen and oxygen atoms in total. The number of halogens is 2. The van der Waals surface area contributed by atoms with Crippen LogP contribution in [0.25, 0.3) is 16.3 Å². The van der Waals surface area contributed by atoms with Gasteiger partial charge in [-0.05, 0) is 55.7 Å². The average Bonchev–Trinajstić information content (AvgIpc) is 3.35. The molecule has 0 amide bonds. The van der Waals surface area contributed by atoms with E-state index in [-0.39, 0.29) is 12.2 Å². The number of aryl methyl sites for hydroxylation is 1. The van der Waals surface area contributed by atoms with Crippen LogP contribution in [0.4, 0.5) is 5.69 Å². The van der Waals surface area contributed by atoms with Crippen LogP contribution in [-0.2, 0) is 26.8 Å². The summed E-state index contributed by atoms with van der Waals surface area (Å²) in [6.07, 6.45) is 7.58. The van der Waals surface area contributed by atoms with Crippen LogP contribution in [0.2, 0.25) is 10.0 Å². The number of nitrogens with zero attached hydrogens (tertiary/aromatic N) is 2. The number of thioether (sulfide) groups is 1. The zero-order valence-electron chi connectivity index (χ0n) is 20.6. The highest BCUT2D eigenvalue weighted by Crippen LogP contribution is 2.47. The molecular weight excluding hydrogens is 623 g/mol. The Hall–Kier alpha value is -1.64. The van der Waals surface area contributed by atoms with Gasteiger partial charge >= 0.3 is 0 Å². The largest absolute Gasteiger partial charge is 0.748 e. The van der Waals surface area contributed by atoms with Crippen molar-refractivity contribution in [1.82, 2.24) is 0 Å². The summed E-state index contributed by atoms with van der Waals surface area (Å²) in [5.74, 6) is -0.679. The maximum atomic E-state index is 11.1. The fraction of sp³-hybridized carbons (Fsp3) is 0.320. The summed E-state index contributed by atoms with van der Waals surface area (Å²) in [4.78, 5) is 3.10. The third kappa shape index (κ3) is 8.67. The molecule has 0 fully saturated rings. The summed E-state index contributed by atoms with van der Waals surface area (Å²) in [6.45, 7) is 1.09. The topological polar surface area (TPSA) is 119 Å². The third-order valence-electron chi connectivity index (χ3n) is 5.92. The molecule has 0 aliphatic carbocycles. The number of allylic oxidation sites excluding steroid dienone is 2. The van der Waals surface area contributed by atoms with E-state index in [2.05, 4.69) is 9.47 Å². The first-order chi connectivity index (χ1) is 18.4. The molecule has 3 aromatic rings. The van der Waals surface area contributed by atoms with Gasteiger partial charge in [0.2, 0.25) is 5.52 Å². The van der Waals surface area contributed by atoms with Crippen molar-refractivity contribution < 1.29 is 30.5 Å². The van der Waals surface area contributed by atoms with E-state index in [1.807, 2.05) is 54.6 Å². The third-order valence-corrected chi connectivity index (χ3v) is 10.2. The van der Waals surface area contributed by atoms with Crippen LogP contribution in [0.5, 0.6) is 0 Å². The lowest BCUT2D eigenvalue weighted by atomic mass is 10.2. The van der Waals surface area contributed by atoms with E-state index in [1.165, 1.54) is 0 Å². The van der Waals surface area contributed by atoms with E-state index >= 15 is 0 Å². The molecule has 210 valence electrons. The Bertz CT molecular complexity index is 1640. The van der Waals surface area contributed by atoms with Crippen LogP contribution in [0.1, 0.15) is 30.7 Å². The molecule has 4 rings (SSSR count). The highest BCUT2D eigenvalue weighted by Gasteiger charge is 2.25. The van der Waals surface area contributed by atoms with Crippen LogP contribution in [0.3, 0.4) is 0 Å². The zero-order chi connectivity index (χ0) is 28.2. The second-order valence-corrected chi connectivity index (χ2v) is 15.0. The van der Waals surface area contributed by atoms with Gasteiger partial charge in [0.05, 0.1) is 26.6 Å². The average molecular weight is 650 g/mol. The lowest BCUT2D eigenvalue weighted by molar-refractivity contribution is -0.669. The van der Waals surface area contributed by atoms with Gasteiger partial charge in [-0.1, -0.05) is 52.4 Å². The maximum absolute atomic E-state index is 11.1. The number of hydrogen-bond acceptors (Lipinski definition) is 8. The summed E-state index contributed by atoms with van der Waals surface area (Å²) < 4.78 is 67.3. The standard InChI is InChI=1S/C25H26Cl2N2O6S4/c26-18-8-10-22-20(16-18)28(12-1-3-14-38(30,31)32)24(36-22)6-5-7-25-29(13-2-4-15-39(33,34)35)21-17-19(27)9-11-23(21)37-25/h5-11,16-17H,1-4,12-15H2,(H-,30,31,32,33,34,35). The van der Waals surface area contributed by atoms with Crippen LogP contribution in [-0.4, -0.2) is 44.0 Å². The van der Waals surface area contributed by atoms with Crippen molar-refractivity contribution >= 4 is 88.5 Å². The number of aromatic nitrogens is 1. The number of rotatable bonds is 12. The van der Waals surface area contributed by atoms with Crippen LogP contribution >= 0.6 is 46.3 Å². The van der Waals surface area contributed by atoms with Gasteiger partial charge in [-0.3, -0.25) is 4.55 Å². The summed E-state index contributed by atoms with van der Waals surface area (Å²) in [6, 6.07) is 11.3. The van der Waals surface area contributed by atoms with Crippen molar-refractivity contribution in [3.8, 4) is 0 Å². The van der Waals surface area contributed by atoms with E-state index in [1.54, 1.807) is 23.1 Å². The smallest absolute Gasteiger partial charge is 0.264 e. The van der Waals surface area contributed by atoms with Gasteiger partial charge in [0.1, 0.15) is 4.70 Å². The maximum Gasteiger partial charge on any atom is 0.264 e. The Balaban J connectivity index is 1.56. The number of hydrogen-bond donors (Lipinski definition) is 1. The Morgan fingerprint density at radius 1 is 0.974 bits per heavy atom. The normalized spacial score (nSPS) is 15.2. The minimum absolute atomic E-state index is 0.272. The first-order valence-corrected chi connectivity index (χ1v) is 17.6. The van der Waals surface area contributed by atoms with E-state index in [9.17, 15) is 21.4 Å². The molecule has 0 atom stereocenters. The lowest BCUT2D eigenvalue weighted by Gasteiger charge is -2.20. The molecule has 0 spiro atoms. The summed E-state index contributed by atoms with van der Waals surface area (Å²) in [5.41, 5.74) is 1.88. The molecule has 1 N–H and O–H groups in total. The Morgan fingerprint density at radius 3 is 2.44 bits per heavy atom. The number of fused-ring (bicyclic) bond motifs is 2. The van der Waals surface area contributed by atoms with Gasteiger partial charge in [0, 0.05) is 45.8 Å². The van der Waals surface area contributed by atoms with Crippen molar-refractivity contribution in [3.63, 3.8) is 0 Å². The molecule has 1 aromatic heterocycles. The van der Waals surface area contributed by atoms with Crippen molar-refractivity contribution in [2.24, 2.45) is 0 Å². The number of unbranched alkanes of at least 4 members (excludes halogenated alkanes) is 2. The van der Waals surface area contributed by atoms with Crippen LogP contribution in [0.15, 0.2) is 58.5 Å². The van der Waals surface area contributed by atoms with Gasteiger partial charge in [-0.2, -0.15) is 13.0 Å². The number of benzene rings is 2. The van der Waals surface area contributed by atoms with Gasteiger partial charge in [-0.25, -0.2) is 8.42 Å². The van der Waals surface area contributed by atoms with Crippen LogP contribution in [0, 0.1) is 0 Å². The van der Waals surface area contributed by atoms with Crippen molar-refractivity contribution in [2.45, 2.75) is 37.1 Å². The molecule has 0 bridgehead atoms. The number of anilines is 1. The van der Waals surface area contributed by atoms with Gasteiger partial charge in [0.15, 0.2) is 6.54 Å². The monoisotopic (exact) mass is 648 g/mol. The Morgan fingerprint density at radius 2 is 1.69 bits per heavy atom. The summed E-state index contributed by atoms with van der Waals surface area (Å²) in [7, 11) is -8.26. The fourth-order valence-corrected chi connectivity index (χ4v) is 7.80. The molecule has 2 aromatic carbocycles. The van der Waals surface area contributed by atoms with Gasteiger partial charge in [0.25, 0.3) is 15.1 Å². The molecule has 1 aliphatic heterocycles. The first-order valence-electron chi connectivity index (χ1n) is 12.0. The second kappa shape index (κ2) is 12.9. The van der Waals surface area contributed by atoms with Crippen molar-refractivity contribution in [1.29, 1.82) is 0 Å². The highest BCUT2D eigenvalue weighted by molar-refractivity contribution is 8.03. The van der Waals surface area contributed by atoms with Crippen LogP contribution < -0.4 is 9.47 Å². The molecule has 14 heteroatoms.